The fourth-order valence-corrected chi connectivity index (χ4v) is 4.31. The number of hydrogen-bond donors (Lipinski definition) is 1. The summed E-state index contributed by atoms with van der Waals surface area (Å²) in [5, 5.41) is 8.79. The van der Waals surface area contributed by atoms with Crippen LogP contribution in [0.1, 0.15) is 6.42 Å². The number of carboxylic acids is 1. The Labute approximate surface area is 103 Å². The molecule has 5 aliphatic rings. The largest absolute Gasteiger partial charge is 0.480 e. The number of carbonyl (C=O) groups is 3. The predicted molar refractivity (Wildman–Crippen MR) is 59.1 cm³/mol. The van der Waals surface area contributed by atoms with Crippen LogP contribution in [-0.2, 0) is 14.4 Å². The van der Waals surface area contributed by atoms with Crippen molar-refractivity contribution in [1.29, 1.82) is 0 Å². The van der Waals surface area contributed by atoms with E-state index in [2.05, 4.69) is 12.2 Å². The highest BCUT2D eigenvalue weighted by molar-refractivity contribution is 6.07. The number of carboxylic acid groups (broad SMARTS) is 1. The number of likely N-dealkylation sites (tertiary alicyclic amines) is 1. The molecule has 5 heteroatoms. The van der Waals surface area contributed by atoms with Crippen molar-refractivity contribution in [3.8, 4) is 0 Å². The normalized spacial score (nSPS) is 47.2. The summed E-state index contributed by atoms with van der Waals surface area (Å²) in [6.45, 7) is -0.487. The van der Waals surface area contributed by atoms with Crippen LogP contribution in [0.4, 0.5) is 0 Å². The molecule has 4 aliphatic carbocycles. The fraction of sp³-hybridized carbons (Fsp3) is 0.615. The highest BCUT2D eigenvalue weighted by Gasteiger charge is 2.67. The van der Waals surface area contributed by atoms with Crippen molar-refractivity contribution in [1.82, 2.24) is 4.90 Å². The van der Waals surface area contributed by atoms with Crippen LogP contribution in [0.25, 0.3) is 0 Å². The average Bonchev–Trinajstić information content (AvgIpc) is 3.11. The van der Waals surface area contributed by atoms with Crippen LogP contribution in [0.5, 0.6) is 0 Å². The zero-order valence-electron chi connectivity index (χ0n) is 9.65. The van der Waals surface area contributed by atoms with Crippen molar-refractivity contribution in [3.63, 3.8) is 0 Å². The van der Waals surface area contributed by atoms with Crippen molar-refractivity contribution in [3.05, 3.63) is 12.2 Å². The lowest BCUT2D eigenvalue weighted by Crippen LogP contribution is -2.40. The van der Waals surface area contributed by atoms with E-state index in [0.717, 1.165) is 11.3 Å². The number of allylic oxidation sites excluding steroid dienone is 2. The molecule has 0 unspecified atom stereocenters. The molecule has 6 atom stereocenters. The third-order valence-corrected chi connectivity index (χ3v) is 5.05. The van der Waals surface area contributed by atoms with Crippen molar-refractivity contribution in [2.45, 2.75) is 6.42 Å². The van der Waals surface area contributed by atoms with Gasteiger partial charge in [0.25, 0.3) is 0 Å². The van der Waals surface area contributed by atoms with Gasteiger partial charge in [0.1, 0.15) is 6.54 Å². The fourth-order valence-electron chi connectivity index (χ4n) is 4.31. The third-order valence-electron chi connectivity index (χ3n) is 5.05. The molecule has 0 aromatic rings. The first kappa shape index (κ1) is 10.3. The number of carbonyl (C=O) groups excluding carboxylic acids is 2. The Morgan fingerprint density at radius 3 is 2.11 bits per heavy atom. The second-order valence-corrected chi connectivity index (χ2v) is 5.81. The van der Waals surface area contributed by atoms with Crippen molar-refractivity contribution in [2.24, 2.45) is 35.5 Å². The van der Waals surface area contributed by atoms with Crippen LogP contribution >= 0.6 is 0 Å². The lowest BCUT2D eigenvalue weighted by Gasteiger charge is -2.37. The van der Waals surface area contributed by atoms with Crippen LogP contribution in [0.3, 0.4) is 0 Å². The zero-order valence-corrected chi connectivity index (χ0v) is 9.65. The summed E-state index contributed by atoms with van der Waals surface area (Å²) in [6, 6.07) is 0. The Morgan fingerprint density at radius 2 is 1.67 bits per heavy atom. The molecule has 3 fully saturated rings. The number of hydrogen-bond acceptors (Lipinski definition) is 3. The summed E-state index contributed by atoms with van der Waals surface area (Å²) < 4.78 is 0. The smallest absolute Gasteiger partial charge is 0.323 e. The second-order valence-electron chi connectivity index (χ2n) is 5.81. The van der Waals surface area contributed by atoms with E-state index in [1.165, 1.54) is 0 Å². The zero-order chi connectivity index (χ0) is 12.6. The molecule has 5 nitrogen and oxygen atoms in total. The first-order valence-electron chi connectivity index (χ1n) is 6.35. The van der Waals surface area contributed by atoms with Crippen LogP contribution < -0.4 is 0 Å². The average molecular weight is 247 g/mol. The molecule has 1 saturated heterocycles. The maximum Gasteiger partial charge on any atom is 0.323 e. The Hall–Kier alpha value is -1.65. The van der Waals surface area contributed by atoms with Crippen molar-refractivity contribution >= 4 is 17.8 Å². The molecule has 1 N–H and O–H groups in total. The molecule has 0 spiro atoms. The lowest BCUT2D eigenvalue weighted by atomic mass is 9.63. The van der Waals surface area contributed by atoms with Gasteiger partial charge >= 0.3 is 5.97 Å². The van der Waals surface area contributed by atoms with Crippen LogP contribution in [0, 0.1) is 35.5 Å². The molecular weight excluding hydrogens is 234 g/mol. The molecule has 1 heterocycles. The number of aliphatic carboxylic acids is 1. The molecule has 94 valence electrons. The molecule has 0 radical (unpaired) electrons. The predicted octanol–water partition coefficient (Wildman–Crippen LogP) is 0.124. The lowest BCUT2D eigenvalue weighted by molar-refractivity contribution is -0.149. The molecule has 2 amide bonds. The third kappa shape index (κ3) is 1.05. The van der Waals surface area contributed by atoms with Crippen LogP contribution in [0.15, 0.2) is 12.2 Å². The summed E-state index contributed by atoms with van der Waals surface area (Å²) in [4.78, 5) is 36.2. The summed E-state index contributed by atoms with van der Waals surface area (Å²) in [5.41, 5.74) is 0. The van der Waals surface area contributed by atoms with E-state index in [1.807, 2.05) is 0 Å². The van der Waals surface area contributed by atoms with Gasteiger partial charge in [0.2, 0.25) is 11.8 Å². The number of rotatable bonds is 2. The van der Waals surface area contributed by atoms with E-state index in [9.17, 15) is 14.4 Å². The summed E-state index contributed by atoms with van der Waals surface area (Å²) >= 11 is 0. The van der Waals surface area contributed by atoms with Gasteiger partial charge in [-0.2, -0.15) is 0 Å². The van der Waals surface area contributed by atoms with E-state index in [-0.39, 0.29) is 35.5 Å². The van der Waals surface area contributed by atoms with Gasteiger partial charge in [0, 0.05) is 0 Å². The quantitative estimate of drug-likeness (QED) is 0.555. The van der Waals surface area contributed by atoms with E-state index < -0.39 is 12.5 Å². The van der Waals surface area contributed by atoms with Crippen LogP contribution in [0.2, 0.25) is 0 Å². The maximum absolute atomic E-state index is 12.2. The van der Waals surface area contributed by atoms with Gasteiger partial charge in [-0.05, 0) is 30.1 Å². The highest BCUT2D eigenvalue weighted by atomic mass is 16.4. The molecule has 0 aromatic heterocycles. The minimum absolute atomic E-state index is 0.167. The van der Waals surface area contributed by atoms with E-state index >= 15 is 0 Å². The SMILES string of the molecule is O=C(O)CN1C(=O)[C@@H]2[C@@H]3C=C[C@H]([C@H]4C[C@H]34)[C@H]2C1=O. The molecular formula is C13H13NO4. The molecule has 2 bridgehead atoms. The first-order valence-corrected chi connectivity index (χ1v) is 6.35. The Morgan fingerprint density at radius 1 is 1.17 bits per heavy atom. The Bertz CT molecular complexity index is 475. The van der Waals surface area contributed by atoms with Crippen molar-refractivity contribution in [2.75, 3.05) is 6.54 Å². The number of imide groups is 1. The molecule has 5 rings (SSSR count). The standard InChI is InChI=1S/C13H13NO4/c15-9(16)4-14-12(17)10-5-1-2-6(8-3-7(5)8)11(10)13(14)18/h1-2,5-8,10-11H,3-4H2,(H,15,16)/t5-,6-,7-,8-,10-,11-/m1/s1. The maximum atomic E-state index is 12.2. The monoisotopic (exact) mass is 247 g/mol. The molecule has 0 aromatic carbocycles. The molecule has 2 saturated carbocycles. The minimum Gasteiger partial charge on any atom is -0.480 e. The number of amides is 2. The van der Waals surface area contributed by atoms with Gasteiger partial charge in [0.05, 0.1) is 11.8 Å². The summed E-state index contributed by atoms with van der Waals surface area (Å²) in [6.07, 6.45) is 5.28. The van der Waals surface area contributed by atoms with E-state index in [1.54, 1.807) is 0 Å². The topological polar surface area (TPSA) is 74.7 Å². The molecule has 1 aliphatic heterocycles. The second kappa shape index (κ2) is 3.02. The van der Waals surface area contributed by atoms with Crippen molar-refractivity contribution < 1.29 is 19.5 Å². The minimum atomic E-state index is -1.12. The Kier molecular flexibility index (Phi) is 1.73. The van der Waals surface area contributed by atoms with Gasteiger partial charge in [-0.15, -0.1) is 0 Å². The van der Waals surface area contributed by atoms with E-state index in [4.69, 9.17) is 5.11 Å². The first-order chi connectivity index (χ1) is 8.59. The highest BCUT2D eigenvalue weighted by Crippen LogP contribution is 2.65. The van der Waals surface area contributed by atoms with Gasteiger partial charge < -0.3 is 5.11 Å². The summed E-state index contributed by atoms with van der Waals surface area (Å²) in [5.74, 6) is -0.771. The van der Waals surface area contributed by atoms with E-state index in [0.29, 0.717) is 11.8 Å². The summed E-state index contributed by atoms with van der Waals surface area (Å²) in [7, 11) is 0. The Balaban J connectivity index is 1.72. The van der Waals surface area contributed by atoms with Crippen LogP contribution in [-0.4, -0.2) is 34.3 Å². The van der Waals surface area contributed by atoms with Gasteiger partial charge in [-0.25, -0.2) is 0 Å². The number of nitrogens with zero attached hydrogens (tertiary/aromatic N) is 1. The van der Waals surface area contributed by atoms with Gasteiger partial charge in [-0.3, -0.25) is 19.3 Å². The molecule has 18 heavy (non-hydrogen) atoms. The van der Waals surface area contributed by atoms with Gasteiger partial charge in [0.15, 0.2) is 0 Å². The van der Waals surface area contributed by atoms with Gasteiger partial charge in [-0.1, -0.05) is 12.2 Å².